The summed E-state index contributed by atoms with van der Waals surface area (Å²) < 4.78 is 4.81. The molecule has 128 valence electrons. The Morgan fingerprint density at radius 3 is 2.76 bits per heavy atom. The van der Waals surface area contributed by atoms with Crippen LogP contribution >= 0.6 is 11.3 Å². The van der Waals surface area contributed by atoms with Gasteiger partial charge in [-0.05, 0) is 36.1 Å². The maximum absolute atomic E-state index is 11.8. The second-order valence-corrected chi connectivity index (χ2v) is 5.93. The third-order valence-corrected chi connectivity index (χ3v) is 3.99. The molecule has 25 heavy (non-hydrogen) atoms. The lowest BCUT2D eigenvalue weighted by Gasteiger charge is -2.07. The lowest BCUT2D eigenvalue weighted by atomic mass is 10.1. The molecule has 0 bridgehead atoms. The number of amides is 3. The first-order chi connectivity index (χ1) is 12.1. The Labute approximate surface area is 148 Å². The summed E-state index contributed by atoms with van der Waals surface area (Å²) in [4.78, 5) is 36.1. The molecule has 2 N–H and O–H groups in total. The fourth-order valence-electron chi connectivity index (χ4n) is 1.89. The molecule has 0 aliphatic heterocycles. The number of rotatable bonds is 6. The van der Waals surface area contributed by atoms with E-state index in [-0.39, 0.29) is 5.56 Å². The molecule has 2 aromatic rings. The quantitative estimate of drug-likeness (QED) is 0.767. The number of nitrogens with one attached hydrogen (secondary N) is 2. The van der Waals surface area contributed by atoms with E-state index >= 15 is 0 Å². The number of thiophene rings is 1. The molecule has 0 saturated heterocycles. The average Bonchev–Trinajstić information content (AvgIpc) is 3.13. The Morgan fingerprint density at radius 1 is 1.20 bits per heavy atom. The van der Waals surface area contributed by atoms with Gasteiger partial charge in [-0.1, -0.05) is 12.1 Å². The zero-order valence-corrected chi connectivity index (χ0v) is 14.0. The third kappa shape index (κ3) is 6.08. The standard InChI is InChI=1S/C17H15N3O4S/c18-10-12-3-1-4-13(9-12)16(22)24-11-15(21)20-17(23)19-7-6-14-5-2-8-25-14/h1-5,8-9H,6-7,11H2,(H2,19,20,21,23). The van der Waals surface area contributed by atoms with Gasteiger partial charge >= 0.3 is 12.0 Å². The van der Waals surface area contributed by atoms with Gasteiger partial charge in [0.25, 0.3) is 5.91 Å². The van der Waals surface area contributed by atoms with Crippen LogP contribution in [0.1, 0.15) is 20.8 Å². The fourth-order valence-corrected chi connectivity index (χ4v) is 2.60. The molecule has 2 rings (SSSR count). The van der Waals surface area contributed by atoms with Crippen molar-refractivity contribution in [2.24, 2.45) is 0 Å². The molecule has 0 saturated carbocycles. The maximum atomic E-state index is 11.8. The van der Waals surface area contributed by atoms with Crippen LogP contribution in [0.15, 0.2) is 41.8 Å². The number of esters is 1. The number of carbonyl (C=O) groups excluding carboxylic acids is 3. The molecular formula is C17H15N3O4S. The van der Waals surface area contributed by atoms with E-state index in [1.807, 2.05) is 23.6 Å². The molecule has 0 fully saturated rings. The SMILES string of the molecule is N#Cc1cccc(C(=O)OCC(=O)NC(=O)NCCc2cccs2)c1. The summed E-state index contributed by atoms with van der Waals surface area (Å²) in [6, 6.07) is 11.0. The van der Waals surface area contributed by atoms with Crippen molar-refractivity contribution < 1.29 is 19.1 Å². The Hall–Kier alpha value is -3.18. The number of imide groups is 1. The summed E-state index contributed by atoms with van der Waals surface area (Å²) in [5.74, 6) is -1.48. The van der Waals surface area contributed by atoms with Crippen molar-refractivity contribution in [3.63, 3.8) is 0 Å². The van der Waals surface area contributed by atoms with E-state index in [1.54, 1.807) is 17.4 Å². The van der Waals surface area contributed by atoms with Crippen molar-refractivity contribution in [3.8, 4) is 6.07 Å². The second kappa shape index (κ2) is 9.20. The molecule has 0 radical (unpaired) electrons. The molecular weight excluding hydrogens is 342 g/mol. The summed E-state index contributed by atoms with van der Waals surface area (Å²) in [6.07, 6.45) is 0.670. The van der Waals surface area contributed by atoms with Crippen molar-refractivity contribution in [2.75, 3.05) is 13.2 Å². The highest BCUT2D eigenvalue weighted by molar-refractivity contribution is 7.09. The molecule has 0 aliphatic rings. The minimum atomic E-state index is -0.745. The van der Waals surface area contributed by atoms with Gasteiger partial charge in [0.1, 0.15) is 0 Å². The predicted molar refractivity (Wildman–Crippen MR) is 91.0 cm³/mol. The third-order valence-electron chi connectivity index (χ3n) is 3.05. The minimum absolute atomic E-state index is 0.159. The first-order valence-electron chi connectivity index (χ1n) is 7.36. The maximum Gasteiger partial charge on any atom is 0.338 e. The highest BCUT2D eigenvalue weighted by atomic mass is 32.1. The molecule has 0 spiro atoms. The lowest BCUT2D eigenvalue weighted by Crippen LogP contribution is -2.42. The lowest BCUT2D eigenvalue weighted by molar-refractivity contribution is -0.123. The number of hydrogen-bond donors (Lipinski definition) is 2. The minimum Gasteiger partial charge on any atom is -0.452 e. The topological polar surface area (TPSA) is 108 Å². The number of ether oxygens (including phenoxy) is 1. The van der Waals surface area contributed by atoms with Gasteiger partial charge in [0.05, 0.1) is 17.2 Å². The van der Waals surface area contributed by atoms with Crippen LogP contribution in [0.4, 0.5) is 4.79 Å². The van der Waals surface area contributed by atoms with Crippen molar-refractivity contribution >= 4 is 29.2 Å². The Bertz CT molecular complexity index is 796. The molecule has 0 atom stereocenters. The van der Waals surface area contributed by atoms with Crippen LogP contribution in [0.2, 0.25) is 0 Å². The number of nitriles is 1. The largest absolute Gasteiger partial charge is 0.452 e. The van der Waals surface area contributed by atoms with Gasteiger partial charge in [-0.3, -0.25) is 10.1 Å². The summed E-state index contributed by atoms with van der Waals surface area (Å²) in [5.41, 5.74) is 0.469. The van der Waals surface area contributed by atoms with Crippen molar-refractivity contribution in [3.05, 3.63) is 57.8 Å². The molecule has 3 amide bonds. The van der Waals surface area contributed by atoms with Crippen LogP contribution in [0.25, 0.3) is 0 Å². The molecule has 1 aromatic carbocycles. The van der Waals surface area contributed by atoms with E-state index in [1.165, 1.54) is 18.2 Å². The highest BCUT2D eigenvalue weighted by Gasteiger charge is 2.12. The van der Waals surface area contributed by atoms with Crippen LogP contribution < -0.4 is 10.6 Å². The Kier molecular flexibility index (Phi) is 6.68. The van der Waals surface area contributed by atoms with E-state index in [2.05, 4.69) is 10.6 Å². The van der Waals surface area contributed by atoms with Crippen molar-refractivity contribution in [1.82, 2.24) is 10.6 Å². The molecule has 8 heteroatoms. The van der Waals surface area contributed by atoms with Gasteiger partial charge < -0.3 is 10.1 Å². The average molecular weight is 357 g/mol. The summed E-state index contributed by atoms with van der Waals surface area (Å²) in [5, 5.41) is 15.3. The van der Waals surface area contributed by atoms with E-state index in [4.69, 9.17) is 10.00 Å². The summed E-state index contributed by atoms with van der Waals surface area (Å²) in [7, 11) is 0. The normalized spacial score (nSPS) is 9.72. The van der Waals surface area contributed by atoms with Gasteiger partial charge in [0.15, 0.2) is 6.61 Å². The predicted octanol–water partition coefficient (Wildman–Crippen LogP) is 1.85. The monoisotopic (exact) mass is 357 g/mol. The number of benzene rings is 1. The smallest absolute Gasteiger partial charge is 0.338 e. The highest BCUT2D eigenvalue weighted by Crippen LogP contribution is 2.08. The Morgan fingerprint density at radius 2 is 2.04 bits per heavy atom. The van der Waals surface area contributed by atoms with E-state index < -0.39 is 24.5 Å². The fraction of sp³-hybridized carbons (Fsp3) is 0.176. The Balaban J connectivity index is 1.69. The van der Waals surface area contributed by atoms with Gasteiger partial charge in [0, 0.05) is 11.4 Å². The first-order valence-corrected chi connectivity index (χ1v) is 8.24. The first kappa shape index (κ1) is 18.2. The van der Waals surface area contributed by atoms with Crippen LogP contribution in [0.3, 0.4) is 0 Å². The van der Waals surface area contributed by atoms with Crippen molar-refractivity contribution in [2.45, 2.75) is 6.42 Å². The van der Waals surface area contributed by atoms with Crippen LogP contribution in [0.5, 0.6) is 0 Å². The molecule has 7 nitrogen and oxygen atoms in total. The van der Waals surface area contributed by atoms with Gasteiger partial charge in [0.2, 0.25) is 0 Å². The van der Waals surface area contributed by atoms with Gasteiger partial charge in [-0.2, -0.15) is 5.26 Å². The molecule has 1 heterocycles. The number of hydrogen-bond acceptors (Lipinski definition) is 6. The van der Waals surface area contributed by atoms with Crippen LogP contribution in [-0.2, 0) is 16.0 Å². The van der Waals surface area contributed by atoms with Crippen molar-refractivity contribution in [1.29, 1.82) is 5.26 Å². The molecule has 1 aromatic heterocycles. The van der Waals surface area contributed by atoms with Crippen LogP contribution in [-0.4, -0.2) is 31.1 Å². The molecule has 0 aliphatic carbocycles. The van der Waals surface area contributed by atoms with E-state index in [9.17, 15) is 14.4 Å². The summed E-state index contributed by atoms with van der Waals surface area (Å²) >= 11 is 1.58. The molecule has 0 unspecified atom stereocenters. The number of urea groups is 1. The zero-order valence-electron chi connectivity index (χ0n) is 13.2. The van der Waals surface area contributed by atoms with E-state index in [0.717, 1.165) is 4.88 Å². The summed E-state index contributed by atoms with van der Waals surface area (Å²) in [6.45, 7) is -0.200. The van der Waals surface area contributed by atoms with Crippen LogP contribution in [0, 0.1) is 11.3 Å². The van der Waals surface area contributed by atoms with Gasteiger partial charge in [-0.25, -0.2) is 9.59 Å². The second-order valence-electron chi connectivity index (χ2n) is 4.90. The number of carbonyl (C=O) groups is 3. The van der Waals surface area contributed by atoms with Gasteiger partial charge in [-0.15, -0.1) is 11.3 Å². The van der Waals surface area contributed by atoms with E-state index in [0.29, 0.717) is 18.5 Å². The number of nitrogens with zero attached hydrogens (tertiary/aromatic N) is 1. The zero-order chi connectivity index (χ0) is 18.1.